The van der Waals surface area contributed by atoms with E-state index >= 15 is 0 Å². The Morgan fingerprint density at radius 1 is 1.36 bits per heavy atom. The highest BCUT2D eigenvalue weighted by molar-refractivity contribution is 5.96. The highest BCUT2D eigenvalue weighted by Gasteiger charge is 2.18. The monoisotopic (exact) mass is 341 g/mol. The van der Waals surface area contributed by atoms with Gasteiger partial charge in [-0.1, -0.05) is 6.92 Å². The van der Waals surface area contributed by atoms with Crippen molar-refractivity contribution >= 4 is 22.3 Å². The van der Waals surface area contributed by atoms with Gasteiger partial charge < -0.3 is 10.1 Å². The van der Waals surface area contributed by atoms with E-state index in [1.807, 2.05) is 14.0 Å². The van der Waals surface area contributed by atoms with Gasteiger partial charge in [-0.05, 0) is 24.6 Å². The minimum absolute atomic E-state index is 0.0434. The molecule has 1 aromatic carbocycles. The Bertz CT molecular complexity index is 935. The number of aryl methyl sites for hydroxylation is 2. The zero-order valence-corrected chi connectivity index (χ0v) is 14.3. The van der Waals surface area contributed by atoms with Crippen LogP contribution in [0.5, 0.6) is 5.88 Å². The second-order valence-electron chi connectivity index (χ2n) is 5.55. The molecule has 0 aliphatic heterocycles. The third-order valence-electron chi connectivity index (χ3n) is 4.10. The van der Waals surface area contributed by atoms with Crippen molar-refractivity contribution in [2.45, 2.75) is 19.9 Å². The molecule has 0 radical (unpaired) electrons. The lowest BCUT2D eigenvalue weighted by atomic mass is 10.1. The Kier molecular flexibility index (Phi) is 4.51. The van der Waals surface area contributed by atoms with Crippen molar-refractivity contribution in [3.8, 4) is 5.88 Å². The zero-order valence-electron chi connectivity index (χ0n) is 14.3. The molecule has 0 fully saturated rings. The van der Waals surface area contributed by atoms with E-state index in [4.69, 9.17) is 4.74 Å². The molecule has 0 spiro atoms. The summed E-state index contributed by atoms with van der Waals surface area (Å²) in [5.74, 6) is 0.698. The van der Waals surface area contributed by atoms with Crippen LogP contribution in [0, 0.1) is 10.1 Å². The summed E-state index contributed by atoms with van der Waals surface area (Å²) in [4.78, 5) is 15.1. The second-order valence-corrected chi connectivity index (χ2v) is 5.55. The molecule has 8 heteroatoms. The predicted octanol–water partition coefficient (Wildman–Crippen LogP) is 3.06. The van der Waals surface area contributed by atoms with Gasteiger partial charge in [0.05, 0.1) is 34.4 Å². The van der Waals surface area contributed by atoms with Crippen LogP contribution in [0.15, 0.2) is 30.5 Å². The van der Waals surface area contributed by atoms with E-state index in [0.29, 0.717) is 23.3 Å². The summed E-state index contributed by atoms with van der Waals surface area (Å²) in [5, 5.41) is 19.5. The summed E-state index contributed by atoms with van der Waals surface area (Å²) in [6.45, 7) is 2.53. The number of anilines is 1. The van der Waals surface area contributed by atoms with Crippen LogP contribution in [0.2, 0.25) is 0 Å². The minimum atomic E-state index is -0.396. The van der Waals surface area contributed by atoms with Gasteiger partial charge in [-0.25, -0.2) is 4.68 Å². The van der Waals surface area contributed by atoms with E-state index in [1.54, 1.807) is 36.2 Å². The van der Waals surface area contributed by atoms with Gasteiger partial charge in [-0.3, -0.25) is 15.1 Å². The van der Waals surface area contributed by atoms with E-state index in [0.717, 1.165) is 23.4 Å². The van der Waals surface area contributed by atoms with Gasteiger partial charge in [0.25, 0.3) is 5.69 Å². The normalized spacial score (nSPS) is 10.8. The van der Waals surface area contributed by atoms with Crippen LogP contribution in [0.3, 0.4) is 0 Å². The number of nitrogens with one attached hydrogen (secondary N) is 1. The van der Waals surface area contributed by atoms with Crippen molar-refractivity contribution in [3.05, 3.63) is 51.8 Å². The van der Waals surface area contributed by atoms with E-state index in [9.17, 15) is 10.1 Å². The maximum Gasteiger partial charge on any atom is 0.278 e. The third kappa shape index (κ3) is 2.98. The van der Waals surface area contributed by atoms with Crippen LogP contribution in [0.4, 0.5) is 11.4 Å². The van der Waals surface area contributed by atoms with Crippen LogP contribution in [-0.4, -0.2) is 26.8 Å². The number of hydrogen-bond donors (Lipinski definition) is 1. The molecule has 0 bridgehead atoms. The van der Waals surface area contributed by atoms with Crippen LogP contribution in [-0.2, 0) is 20.0 Å². The second kappa shape index (κ2) is 6.76. The molecule has 2 aromatic heterocycles. The first kappa shape index (κ1) is 16.7. The Balaban J connectivity index is 1.98. The fourth-order valence-corrected chi connectivity index (χ4v) is 2.97. The van der Waals surface area contributed by atoms with Crippen molar-refractivity contribution in [1.82, 2.24) is 14.8 Å². The summed E-state index contributed by atoms with van der Waals surface area (Å²) in [6.07, 6.45) is 2.41. The molecule has 1 N–H and O–H groups in total. The molecule has 2 heterocycles. The number of pyridine rings is 1. The Labute approximate surface area is 144 Å². The molecule has 0 saturated heterocycles. The first-order chi connectivity index (χ1) is 12.1. The van der Waals surface area contributed by atoms with E-state index in [2.05, 4.69) is 15.4 Å². The zero-order chi connectivity index (χ0) is 18.0. The average molecular weight is 341 g/mol. The van der Waals surface area contributed by atoms with Gasteiger partial charge in [0.1, 0.15) is 5.52 Å². The third-order valence-corrected chi connectivity index (χ3v) is 4.10. The molecule has 0 saturated carbocycles. The number of nitro groups is 1. The molecule has 25 heavy (non-hydrogen) atoms. The molecule has 0 unspecified atom stereocenters. The number of benzene rings is 1. The van der Waals surface area contributed by atoms with E-state index in [-0.39, 0.29) is 5.69 Å². The topological polar surface area (TPSA) is 95.1 Å². The molecule has 0 aliphatic rings. The molecular formula is C17H19N5O3. The highest BCUT2D eigenvalue weighted by Crippen LogP contribution is 2.31. The Morgan fingerprint density at radius 2 is 2.16 bits per heavy atom. The molecule has 130 valence electrons. The Hall–Kier alpha value is -3.16. The molecule has 0 aliphatic carbocycles. The number of nitro benzene ring substituents is 1. The summed E-state index contributed by atoms with van der Waals surface area (Å²) in [6, 6.07) is 6.57. The first-order valence-corrected chi connectivity index (χ1v) is 7.91. The quantitative estimate of drug-likeness (QED) is 0.547. The molecule has 3 aromatic rings. The smallest absolute Gasteiger partial charge is 0.278 e. The van der Waals surface area contributed by atoms with Crippen molar-refractivity contribution in [2.75, 3.05) is 12.4 Å². The molecule has 0 atom stereocenters. The lowest BCUT2D eigenvalue weighted by Gasteiger charge is -2.11. The maximum atomic E-state index is 11.2. The lowest BCUT2D eigenvalue weighted by Crippen LogP contribution is -2.05. The average Bonchev–Trinajstić information content (AvgIpc) is 2.93. The number of fused-ring (bicyclic) bond motifs is 1. The van der Waals surface area contributed by atoms with Crippen molar-refractivity contribution < 1.29 is 9.66 Å². The molecule has 8 nitrogen and oxygen atoms in total. The summed E-state index contributed by atoms with van der Waals surface area (Å²) < 4.78 is 7.15. The minimum Gasteiger partial charge on any atom is -0.481 e. The number of hydrogen-bond acceptors (Lipinski definition) is 6. The molecule has 0 amide bonds. The SMILES string of the molecule is CCc1nn(C)c(OC)c1CNc1ccc([N+](=O)[O-])c2cccnc12. The van der Waals surface area contributed by atoms with Crippen LogP contribution < -0.4 is 10.1 Å². The predicted molar refractivity (Wildman–Crippen MR) is 94.9 cm³/mol. The van der Waals surface area contributed by atoms with Gasteiger partial charge in [-0.15, -0.1) is 0 Å². The standard InChI is InChI=1S/C17H19N5O3/c1-4-13-12(17(25-3)21(2)20-13)10-19-14-7-8-15(22(23)24)11-6-5-9-18-16(11)14/h5-9,19H,4,10H2,1-3H3. The molecular weight excluding hydrogens is 322 g/mol. The van der Waals surface area contributed by atoms with Gasteiger partial charge in [0.2, 0.25) is 5.88 Å². The summed E-state index contributed by atoms with van der Waals surface area (Å²) in [7, 11) is 3.45. The van der Waals surface area contributed by atoms with Crippen LogP contribution in [0.1, 0.15) is 18.2 Å². The maximum absolute atomic E-state index is 11.2. The van der Waals surface area contributed by atoms with E-state index in [1.165, 1.54) is 6.07 Å². The largest absolute Gasteiger partial charge is 0.481 e. The first-order valence-electron chi connectivity index (χ1n) is 7.91. The number of nitrogens with zero attached hydrogens (tertiary/aromatic N) is 4. The summed E-state index contributed by atoms with van der Waals surface area (Å²) in [5.41, 5.74) is 3.26. The number of rotatable bonds is 6. The fourth-order valence-electron chi connectivity index (χ4n) is 2.97. The van der Waals surface area contributed by atoms with Crippen molar-refractivity contribution in [1.29, 1.82) is 0 Å². The van der Waals surface area contributed by atoms with Gasteiger partial charge >= 0.3 is 0 Å². The van der Waals surface area contributed by atoms with Crippen molar-refractivity contribution in [2.24, 2.45) is 7.05 Å². The Morgan fingerprint density at radius 3 is 2.84 bits per heavy atom. The molecule has 3 rings (SSSR count). The van der Waals surface area contributed by atoms with Crippen LogP contribution >= 0.6 is 0 Å². The number of non-ortho nitro benzene ring substituents is 1. The summed E-state index contributed by atoms with van der Waals surface area (Å²) >= 11 is 0. The fraction of sp³-hybridized carbons (Fsp3) is 0.294. The highest BCUT2D eigenvalue weighted by atomic mass is 16.6. The van der Waals surface area contributed by atoms with Gasteiger partial charge in [-0.2, -0.15) is 5.10 Å². The van der Waals surface area contributed by atoms with E-state index < -0.39 is 4.92 Å². The number of aromatic nitrogens is 3. The number of methoxy groups -OCH3 is 1. The number of ether oxygens (including phenoxy) is 1. The lowest BCUT2D eigenvalue weighted by molar-refractivity contribution is -0.383. The van der Waals surface area contributed by atoms with Crippen molar-refractivity contribution in [3.63, 3.8) is 0 Å². The van der Waals surface area contributed by atoms with Gasteiger partial charge in [0, 0.05) is 25.9 Å². The van der Waals surface area contributed by atoms with Gasteiger partial charge in [0.15, 0.2) is 0 Å². The van der Waals surface area contributed by atoms with Crippen LogP contribution in [0.25, 0.3) is 10.9 Å².